The minimum Gasteiger partial charge on any atom is -0.477 e. The summed E-state index contributed by atoms with van der Waals surface area (Å²) in [5.74, 6) is 1.48. The Morgan fingerprint density at radius 2 is 2.45 bits per heavy atom. The van der Waals surface area contributed by atoms with Crippen molar-refractivity contribution >= 4 is 17.5 Å². The SMILES string of the molecule is CCOc1ncc(C(=O)N2CCC(c3ccco3)C2)cc1Cl. The van der Waals surface area contributed by atoms with Crippen molar-refractivity contribution in [3.8, 4) is 5.88 Å². The van der Waals surface area contributed by atoms with Gasteiger partial charge in [0.25, 0.3) is 5.91 Å². The highest BCUT2D eigenvalue weighted by Crippen LogP contribution is 2.29. The first-order chi connectivity index (χ1) is 10.7. The summed E-state index contributed by atoms with van der Waals surface area (Å²) in [4.78, 5) is 18.5. The van der Waals surface area contributed by atoms with Gasteiger partial charge in [0.05, 0.1) is 18.4 Å². The van der Waals surface area contributed by atoms with Crippen molar-refractivity contribution in [3.05, 3.63) is 47.0 Å². The third-order valence-corrected chi connectivity index (χ3v) is 4.03. The Kier molecular flexibility index (Phi) is 4.34. The Morgan fingerprint density at radius 3 is 3.14 bits per heavy atom. The first-order valence-corrected chi connectivity index (χ1v) is 7.68. The van der Waals surface area contributed by atoms with Crippen molar-refractivity contribution in [2.75, 3.05) is 19.7 Å². The quantitative estimate of drug-likeness (QED) is 0.866. The van der Waals surface area contributed by atoms with E-state index in [4.69, 9.17) is 20.8 Å². The molecule has 1 unspecified atom stereocenters. The van der Waals surface area contributed by atoms with Gasteiger partial charge in [0.1, 0.15) is 10.8 Å². The van der Waals surface area contributed by atoms with Crippen LogP contribution in [-0.2, 0) is 0 Å². The predicted molar refractivity (Wildman–Crippen MR) is 82.4 cm³/mol. The Bertz CT molecular complexity index is 657. The van der Waals surface area contributed by atoms with E-state index in [9.17, 15) is 4.79 Å². The highest BCUT2D eigenvalue weighted by molar-refractivity contribution is 6.32. The van der Waals surface area contributed by atoms with E-state index < -0.39 is 0 Å². The van der Waals surface area contributed by atoms with Crippen LogP contribution in [0.25, 0.3) is 0 Å². The summed E-state index contributed by atoms with van der Waals surface area (Å²) in [5.41, 5.74) is 0.480. The van der Waals surface area contributed by atoms with E-state index in [1.54, 1.807) is 17.2 Å². The molecule has 1 atom stereocenters. The minimum atomic E-state index is -0.0634. The molecule has 1 amide bonds. The summed E-state index contributed by atoms with van der Waals surface area (Å²) >= 11 is 6.10. The molecule has 3 heterocycles. The molecule has 0 saturated carbocycles. The van der Waals surface area contributed by atoms with E-state index in [-0.39, 0.29) is 11.8 Å². The van der Waals surface area contributed by atoms with Crippen molar-refractivity contribution in [2.45, 2.75) is 19.3 Å². The maximum absolute atomic E-state index is 12.5. The second-order valence-electron chi connectivity index (χ2n) is 5.20. The molecule has 2 aromatic rings. The van der Waals surface area contributed by atoms with E-state index in [0.717, 1.165) is 12.2 Å². The van der Waals surface area contributed by atoms with Gasteiger partial charge in [0.15, 0.2) is 0 Å². The van der Waals surface area contributed by atoms with Crippen LogP contribution >= 0.6 is 11.6 Å². The molecule has 0 aromatic carbocycles. The summed E-state index contributed by atoms with van der Waals surface area (Å²) in [6.07, 6.45) is 4.08. The average molecular weight is 321 g/mol. The molecule has 1 aliphatic rings. The molecule has 3 rings (SSSR count). The number of furan rings is 1. The van der Waals surface area contributed by atoms with E-state index in [1.165, 1.54) is 6.20 Å². The fraction of sp³-hybridized carbons (Fsp3) is 0.375. The molecule has 2 aromatic heterocycles. The molecule has 116 valence electrons. The van der Waals surface area contributed by atoms with Crippen LogP contribution in [0.1, 0.15) is 35.4 Å². The molecule has 1 fully saturated rings. The van der Waals surface area contributed by atoms with Gasteiger partial charge in [-0.05, 0) is 31.5 Å². The fourth-order valence-corrected chi connectivity index (χ4v) is 2.89. The van der Waals surface area contributed by atoms with Crippen LogP contribution in [0.4, 0.5) is 0 Å². The molecule has 0 N–H and O–H groups in total. The van der Waals surface area contributed by atoms with Crippen LogP contribution in [0.2, 0.25) is 5.02 Å². The van der Waals surface area contributed by atoms with Crippen LogP contribution in [0.3, 0.4) is 0 Å². The molecule has 0 bridgehead atoms. The van der Waals surface area contributed by atoms with Crippen LogP contribution in [0.15, 0.2) is 35.1 Å². The monoisotopic (exact) mass is 320 g/mol. The molecule has 0 radical (unpaired) electrons. The number of carbonyl (C=O) groups excluding carboxylic acids is 1. The number of rotatable bonds is 4. The largest absolute Gasteiger partial charge is 0.477 e. The summed E-state index contributed by atoms with van der Waals surface area (Å²) in [7, 11) is 0. The highest BCUT2D eigenvalue weighted by Gasteiger charge is 2.29. The molecular formula is C16H17ClN2O3. The zero-order valence-corrected chi connectivity index (χ0v) is 13.0. The maximum Gasteiger partial charge on any atom is 0.255 e. The molecule has 22 heavy (non-hydrogen) atoms. The van der Waals surface area contributed by atoms with Gasteiger partial charge in [0, 0.05) is 25.2 Å². The van der Waals surface area contributed by atoms with Gasteiger partial charge >= 0.3 is 0 Å². The lowest BCUT2D eigenvalue weighted by Gasteiger charge is -2.16. The lowest BCUT2D eigenvalue weighted by Crippen LogP contribution is -2.28. The van der Waals surface area contributed by atoms with Crippen molar-refractivity contribution in [2.24, 2.45) is 0 Å². The molecule has 1 saturated heterocycles. The van der Waals surface area contributed by atoms with Gasteiger partial charge in [-0.1, -0.05) is 11.6 Å². The summed E-state index contributed by atoms with van der Waals surface area (Å²) < 4.78 is 10.7. The number of hydrogen-bond acceptors (Lipinski definition) is 4. The second-order valence-corrected chi connectivity index (χ2v) is 5.60. The first kappa shape index (κ1) is 14.9. The molecule has 0 aliphatic carbocycles. The third kappa shape index (κ3) is 2.95. The van der Waals surface area contributed by atoms with Crippen molar-refractivity contribution in [1.29, 1.82) is 0 Å². The van der Waals surface area contributed by atoms with Crippen LogP contribution in [-0.4, -0.2) is 35.5 Å². The molecule has 5 nitrogen and oxygen atoms in total. The normalized spacial score (nSPS) is 17.7. The van der Waals surface area contributed by atoms with Crippen molar-refractivity contribution < 1.29 is 13.9 Å². The van der Waals surface area contributed by atoms with E-state index in [1.807, 2.05) is 19.1 Å². The average Bonchev–Trinajstić information content (AvgIpc) is 3.19. The Balaban J connectivity index is 1.71. The number of pyridine rings is 1. The van der Waals surface area contributed by atoms with Gasteiger partial charge in [-0.2, -0.15) is 0 Å². The topological polar surface area (TPSA) is 55.6 Å². The smallest absolute Gasteiger partial charge is 0.255 e. The number of hydrogen-bond donors (Lipinski definition) is 0. The number of likely N-dealkylation sites (tertiary alicyclic amines) is 1. The van der Waals surface area contributed by atoms with Crippen molar-refractivity contribution in [3.63, 3.8) is 0 Å². The van der Waals surface area contributed by atoms with Gasteiger partial charge < -0.3 is 14.1 Å². The predicted octanol–water partition coefficient (Wildman–Crippen LogP) is 3.36. The van der Waals surface area contributed by atoms with Gasteiger partial charge in [0.2, 0.25) is 5.88 Å². The Labute approximate surface area is 133 Å². The van der Waals surface area contributed by atoms with Crippen LogP contribution in [0, 0.1) is 0 Å². The summed E-state index contributed by atoms with van der Waals surface area (Å²) in [5, 5.41) is 0.356. The molecular weight excluding hydrogens is 304 g/mol. The fourth-order valence-electron chi connectivity index (χ4n) is 2.67. The van der Waals surface area contributed by atoms with Gasteiger partial charge in [-0.3, -0.25) is 4.79 Å². The van der Waals surface area contributed by atoms with E-state index >= 15 is 0 Å². The molecule has 0 spiro atoms. The maximum atomic E-state index is 12.5. The van der Waals surface area contributed by atoms with E-state index in [0.29, 0.717) is 36.2 Å². The van der Waals surface area contributed by atoms with Gasteiger partial charge in [-0.25, -0.2) is 4.98 Å². The number of nitrogens with zero attached hydrogens (tertiary/aromatic N) is 2. The number of ether oxygens (including phenoxy) is 1. The molecule has 6 heteroatoms. The van der Waals surface area contributed by atoms with Crippen LogP contribution in [0.5, 0.6) is 5.88 Å². The molecule has 1 aliphatic heterocycles. The highest BCUT2D eigenvalue weighted by atomic mass is 35.5. The van der Waals surface area contributed by atoms with Gasteiger partial charge in [-0.15, -0.1) is 0 Å². The zero-order chi connectivity index (χ0) is 15.5. The Morgan fingerprint density at radius 1 is 1.59 bits per heavy atom. The second kappa shape index (κ2) is 6.40. The van der Waals surface area contributed by atoms with Crippen LogP contribution < -0.4 is 4.74 Å². The minimum absolute atomic E-state index is 0.0634. The standard InChI is InChI=1S/C16H17ClN2O3/c1-2-21-15-13(17)8-12(9-18-15)16(20)19-6-5-11(10-19)14-4-3-7-22-14/h3-4,7-9,11H,2,5-6,10H2,1H3. The summed E-state index contributed by atoms with van der Waals surface area (Å²) in [6.45, 7) is 3.69. The van der Waals surface area contributed by atoms with E-state index in [2.05, 4.69) is 4.98 Å². The first-order valence-electron chi connectivity index (χ1n) is 7.30. The third-order valence-electron chi connectivity index (χ3n) is 3.76. The lowest BCUT2D eigenvalue weighted by atomic mass is 10.1. The number of aromatic nitrogens is 1. The Hall–Kier alpha value is -2.01. The number of halogens is 1. The van der Waals surface area contributed by atoms with Crippen molar-refractivity contribution in [1.82, 2.24) is 9.88 Å². The number of carbonyl (C=O) groups is 1. The summed E-state index contributed by atoms with van der Waals surface area (Å²) in [6, 6.07) is 5.44. The number of amides is 1. The zero-order valence-electron chi connectivity index (χ0n) is 12.3. The lowest BCUT2D eigenvalue weighted by molar-refractivity contribution is 0.0789.